The number of aliphatic hydroxyl groups excluding tert-OH is 1. The molecular formula is C13H18ClNO2S. The van der Waals surface area contributed by atoms with Crippen LogP contribution in [0.3, 0.4) is 0 Å². The van der Waals surface area contributed by atoms with E-state index in [-0.39, 0.29) is 18.8 Å². The number of hydrogen-bond donors (Lipinski definition) is 2. The Bertz CT molecular complexity index is 397. The molecule has 1 aromatic carbocycles. The van der Waals surface area contributed by atoms with E-state index in [0.717, 1.165) is 17.7 Å². The Balaban J connectivity index is 2.04. The Morgan fingerprint density at radius 2 is 2.39 bits per heavy atom. The van der Waals surface area contributed by atoms with Crippen molar-refractivity contribution in [1.29, 1.82) is 0 Å². The summed E-state index contributed by atoms with van der Waals surface area (Å²) in [6.07, 6.45) is 2.53. The molecule has 3 N–H and O–H groups in total. The molecule has 0 bridgehead atoms. The van der Waals surface area contributed by atoms with E-state index >= 15 is 0 Å². The minimum atomic E-state index is -0.387. The van der Waals surface area contributed by atoms with Gasteiger partial charge in [-0.25, -0.2) is 0 Å². The van der Waals surface area contributed by atoms with E-state index in [1.165, 1.54) is 12.2 Å². The maximum atomic E-state index is 9.01. The van der Waals surface area contributed by atoms with Crippen LogP contribution in [0.2, 0.25) is 5.02 Å². The van der Waals surface area contributed by atoms with Crippen LogP contribution in [0.4, 0.5) is 0 Å². The van der Waals surface area contributed by atoms with E-state index in [2.05, 4.69) is 0 Å². The SMILES string of the molecule is NC(CO)c1ccc(OC2CCCSC2)c(Cl)c1. The average molecular weight is 288 g/mol. The number of aliphatic hydroxyl groups is 1. The molecule has 1 saturated heterocycles. The van der Waals surface area contributed by atoms with E-state index in [1.54, 1.807) is 6.07 Å². The van der Waals surface area contributed by atoms with Crippen molar-refractivity contribution in [3.8, 4) is 5.75 Å². The summed E-state index contributed by atoms with van der Waals surface area (Å²) in [6, 6.07) is 5.08. The molecule has 0 aromatic heterocycles. The smallest absolute Gasteiger partial charge is 0.138 e. The normalized spacial score (nSPS) is 21.6. The Morgan fingerprint density at radius 3 is 3.00 bits per heavy atom. The van der Waals surface area contributed by atoms with Crippen LogP contribution in [0, 0.1) is 0 Å². The van der Waals surface area contributed by atoms with Crippen molar-refractivity contribution in [3.63, 3.8) is 0 Å². The van der Waals surface area contributed by atoms with Gasteiger partial charge in [0.25, 0.3) is 0 Å². The molecule has 3 nitrogen and oxygen atoms in total. The number of hydrogen-bond acceptors (Lipinski definition) is 4. The van der Waals surface area contributed by atoms with E-state index in [0.29, 0.717) is 10.8 Å². The second kappa shape index (κ2) is 6.66. The molecule has 1 heterocycles. The molecule has 1 aliphatic rings. The van der Waals surface area contributed by atoms with Gasteiger partial charge in [-0.1, -0.05) is 17.7 Å². The quantitative estimate of drug-likeness (QED) is 0.894. The van der Waals surface area contributed by atoms with E-state index in [9.17, 15) is 0 Å². The molecule has 0 aliphatic carbocycles. The number of benzene rings is 1. The van der Waals surface area contributed by atoms with Crippen LogP contribution >= 0.6 is 23.4 Å². The summed E-state index contributed by atoms with van der Waals surface area (Å²) < 4.78 is 5.90. The van der Waals surface area contributed by atoms with Crippen LogP contribution in [0.1, 0.15) is 24.4 Å². The fourth-order valence-corrected chi connectivity index (χ4v) is 3.20. The molecule has 2 unspecified atom stereocenters. The van der Waals surface area contributed by atoms with E-state index < -0.39 is 0 Å². The Kier molecular flexibility index (Phi) is 5.18. The molecule has 0 saturated carbocycles. The molecule has 0 spiro atoms. The van der Waals surface area contributed by atoms with Gasteiger partial charge in [0.15, 0.2) is 0 Å². The Labute approximate surface area is 117 Å². The first-order chi connectivity index (χ1) is 8.70. The molecule has 18 heavy (non-hydrogen) atoms. The summed E-state index contributed by atoms with van der Waals surface area (Å²) in [4.78, 5) is 0. The zero-order valence-electron chi connectivity index (χ0n) is 10.1. The minimum absolute atomic E-state index is 0.0875. The van der Waals surface area contributed by atoms with E-state index in [4.69, 9.17) is 27.2 Å². The van der Waals surface area contributed by atoms with Crippen molar-refractivity contribution in [2.75, 3.05) is 18.1 Å². The van der Waals surface area contributed by atoms with Gasteiger partial charge in [0.1, 0.15) is 11.9 Å². The number of ether oxygens (including phenoxy) is 1. The molecule has 5 heteroatoms. The van der Waals surface area contributed by atoms with Crippen LogP contribution < -0.4 is 10.5 Å². The minimum Gasteiger partial charge on any atom is -0.488 e. The first-order valence-corrected chi connectivity index (χ1v) is 7.64. The Hall–Kier alpha value is -0.420. The number of halogens is 1. The predicted molar refractivity (Wildman–Crippen MR) is 76.4 cm³/mol. The highest BCUT2D eigenvalue weighted by atomic mass is 35.5. The van der Waals surface area contributed by atoms with Crippen molar-refractivity contribution in [2.45, 2.75) is 25.0 Å². The highest BCUT2D eigenvalue weighted by Gasteiger charge is 2.17. The Morgan fingerprint density at radius 1 is 1.56 bits per heavy atom. The van der Waals surface area contributed by atoms with Crippen LogP contribution in [-0.4, -0.2) is 29.3 Å². The van der Waals surface area contributed by atoms with Gasteiger partial charge in [-0.15, -0.1) is 0 Å². The maximum Gasteiger partial charge on any atom is 0.138 e. The molecular weight excluding hydrogens is 270 g/mol. The number of thioether (sulfide) groups is 1. The summed E-state index contributed by atoms with van der Waals surface area (Å²) in [7, 11) is 0. The molecule has 2 atom stereocenters. The monoisotopic (exact) mass is 287 g/mol. The van der Waals surface area contributed by atoms with Gasteiger partial charge in [0.2, 0.25) is 0 Å². The van der Waals surface area contributed by atoms with Crippen molar-refractivity contribution in [2.24, 2.45) is 5.73 Å². The molecule has 2 rings (SSSR count). The largest absolute Gasteiger partial charge is 0.488 e. The molecule has 0 amide bonds. The first kappa shape index (κ1) is 14.0. The number of rotatable bonds is 4. The third kappa shape index (κ3) is 3.54. The fraction of sp³-hybridized carbons (Fsp3) is 0.538. The van der Waals surface area contributed by atoms with Gasteiger partial charge in [0.05, 0.1) is 17.7 Å². The molecule has 100 valence electrons. The summed E-state index contributed by atoms with van der Waals surface area (Å²) >= 11 is 8.10. The summed E-state index contributed by atoms with van der Waals surface area (Å²) in [5.74, 6) is 2.95. The zero-order valence-corrected chi connectivity index (χ0v) is 11.7. The molecule has 1 fully saturated rings. The van der Waals surface area contributed by atoms with Crippen molar-refractivity contribution in [1.82, 2.24) is 0 Å². The van der Waals surface area contributed by atoms with Crippen LogP contribution in [0.15, 0.2) is 18.2 Å². The van der Waals surface area contributed by atoms with Crippen molar-refractivity contribution in [3.05, 3.63) is 28.8 Å². The molecule has 1 aromatic rings. The zero-order chi connectivity index (χ0) is 13.0. The van der Waals surface area contributed by atoms with Gasteiger partial charge in [-0.05, 0) is 36.3 Å². The van der Waals surface area contributed by atoms with Gasteiger partial charge >= 0.3 is 0 Å². The molecule has 1 aliphatic heterocycles. The second-order valence-electron chi connectivity index (χ2n) is 4.44. The lowest BCUT2D eigenvalue weighted by molar-refractivity contribution is 0.211. The van der Waals surface area contributed by atoms with Crippen LogP contribution in [0.25, 0.3) is 0 Å². The highest BCUT2D eigenvalue weighted by molar-refractivity contribution is 7.99. The summed E-state index contributed by atoms with van der Waals surface area (Å²) in [6.45, 7) is -0.0875. The van der Waals surface area contributed by atoms with Gasteiger partial charge in [0, 0.05) is 5.75 Å². The topological polar surface area (TPSA) is 55.5 Å². The third-order valence-corrected chi connectivity index (χ3v) is 4.47. The summed E-state index contributed by atoms with van der Waals surface area (Å²) in [5.41, 5.74) is 6.57. The van der Waals surface area contributed by atoms with Gasteiger partial charge in [-0.2, -0.15) is 11.8 Å². The lowest BCUT2D eigenvalue weighted by Gasteiger charge is -2.23. The standard InChI is InChI=1S/C13H18ClNO2S/c14-11-6-9(12(15)7-16)3-4-13(11)17-10-2-1-5-18-8-10/h3-4,6,10,12,16H,1-2,5,7-8,15H2. The second-order valence-corrected chi connectivity index (χ2v) is 5.99. The van der Waals surface area contributed by atoms with Crippen LogP contribution in [0.5, 0.6) is 5.75 Å². The van der Waals surface area contributed by atoms with Gasteiger partial charge < -0.3 is 15.6 Å². The fourth-order valence-electron chi connectivity index (χ4n) is 1.93. The van der Waals surface area contributed by atoms with E-state index in [1.807, 2.05) is 23.9 Å². The lowest BCUT2D eigenvalue weighted by atomic mass is 10.1. The van der Waals surface area contributed by atoms with Gasteiger partial charge in [-0.3, -0.25) is 0 Å². The van der Waals surface area contributed by atoms with Crippen LogP contribution in [-0.2, 0) is 0 Å². The van der Waals surface area contributed by atoms with Crippen molar-refractivity contribution < 1.29 is 9.84 Å². The maximum absolute atomic E-state index is 9.01. The lowest BCUT2D eigenvalue weighted by Crippen LogP contribution is -2.23. The third-order valence-electron chi connectivity index (χ3n) is 2.99. The molecule has 0 radical (unpaired) electrons. The summed E-state index contributed by atoms with van der Waals surface area (Å²) in [5, 5.41) is 9.57. The average Bonchev–Trinajstić information content (AvgIpc) is 2.41. The van der Waals surface area contributed by atoms with Crippen molar-refractivity contribution >= 4 is 23.4 Å². The number of nitrogens with two attached hydrogens (primary N) is 1. The predicted octanol–water partition coefficient (Wildman–Crippen LogP) is 2.61. The highest BCUT2D eigenvalue weighted by Crippen LogP contribution is 2.30. The first-order valence-electron chi connectivity index (χ1n) is 6.11.